The van der Waals surface area contributed by atoms with Gasteiger partial charge in [0.2, 0.25) is 0 Å². The van der Waals surface area contributed by atoms with E-state index in [1.54, 1.807) is 7.11 Å². The standard InChI is InChI=1S/C33H40N2O5/c1-25-8-10-30-29(18-25)20-26-6-5-7-27(19-26)22-34(14-15-38-16-17-39-30)23-28-9-11-31(32(21-28)37-2)40-24-33(36)35-12-3-4-13-35/h5-11,18-19,21H,3-4,12-17,20,22-24H2,1-2H3. The minimum Gasteiger partial charge on any atom is -0.493 e. The molecule has 1 fully saturated rings. The lowest BCUT2D eigenvalue weighted by Crippen LogP contribution is -2.32. The van der Waals surface area contributed by atoms with E-state index in [1.165, 1.54) is 22.3 Å². The van der Waals surface area contributed by atoms with Crippen LogP contribution in [0.15, 0.2) is 60.7 Å². The average Bonchev–Trinajstić information content (AvgIpc) is 3.50. The van der Waals surface area contributed by atoms with E-state index < -0.39 is 0 Å². The summed E-state index contributed by atoms with van der Waals surface area (Å²) in [5, 5.41) is 0. The summed E-state index contributed by atoms with van der Waals surface area (Å²) in [5.41, 5.74) is 6.07. The second-order valence-electron chi connectivity index (χ2n) is 10.6. The summed E-state index contributed by atoms with van der Waals surface area (Å²) in [6.07, 6.45) is 2.96. The van der Waals surface area contributed by atoms with Crippen molar-refractivity contribution < 1.29 is 23.7 Å². The van der Waals surface area contributed by atoms with E-state index in [0.717, 1.165) is 63.3 Å². The number of amides is 1. The monoisotopic (exact) mass is 544 g/mol. The highest BCUT2D eigenvalue weighted by atomic mass is 16.5. The van der Waals surface area contributed by atoms with Crippen LogP contribution >= 0.6 is 0 Å². The van der Waals surface area contributed by atoms with Gasteiger partial charge in [-0.1, -0.05) is 48.0 Å². The van der Waals surface area contributed by atoms with Gasteiger partial charge in [-0.05, 0) is 60.2 Å². The van der Waals surface area contributed by atoms with Crippen molar-refractivity contribution in [3.05, 3.63) is 88.5 Å². The van der Waals surface area contributed by atoms with E-state index in [1.807, 2.05) is 23.1 Å². The van der Waals surface area contributed by atoms with Gasteiger partial charge in [0.05, 0.1) is 20.3 Å². The summed E-state index contributed by atoms with van der Waals surface area (Å²) >= 11 is 0. The maximum atomic E-state index is 12.4. The van der Waals surface area contributed by atoms with Crippen molar-refractivity contribution in [1.82, 2.24) is 9.80 Å². The molecule has 2 bridgehead atoms. The van der Waals surface area contributed by atoms with Gasteiger partial charge in [-0.25, -0.2) is 0 Å². The lowest BCUT2D eigenvalue weighted by molar-refractivity contribution is -0.132. The van der Waals surface area contributed by atoms with Crippen molar-refractivity contribution in [1.29, 1.82) is 0 Å². The molecule has 0 N–H and O–H groups in total. The molecule has 3 aromatic carbocycles. The molecule has 7 heteroatoms. The van der Waals surface area contributed by atoms with Crippen LogP contribution in [0.2, 0.25) is 0 Å². The van der Waals surface area contributed by atoms with E-state index in [0.29, 0.717) is 31.3 Å². The first kappa shape index (κ1) is 28.0. The molecule has 40 heavy (non-hydrogen) atoms. The zero-order valence-electron chi connectivity index (χ0n) is 23.7. The minimum atomic E-state index is 0.0284. The summed E-state index contributed by atoms with van der Waals surface area (Å²) in [6, 6.07) is 21.1. The molecular weight excluding hydrogens is 504 g/mol. The Morgan fingerprint density at radius 3 is 2.60 bits per heavy atom. The molecule has 7 nitrogen and oxygen atoms in total. The predicted octanol–water partition coefficient (Wildman–Crippen LogP) is 5.01. The number of rotatable bonds is 6. The van der Waals surface area contributed by atoms with Gasteiger partial charge >= 0.3 is 0 Å². The first-order valence-corrected chi connectivity index (χ1v) is 14.2. The molecule has 2 aliphatic heterocycles. The summed E-state index contributed by atoms with van der Waals surface area (Å²) in [7, 11) is 1.64. The zero-order valence-corrected chi connectivity index (χ0v) is 23.7. The Bertz CT molecular complexity index is 1290. The Hall–Kier alpha value is -3.55. The Morgan fingerprint density at radius 1 is 0.900 bits per heavy atom. The summed E-state index contributed by atoms with van der Waals surface area (Å²) < 4.78 is 23.5. The predicted molar refractivity (Wildman–Crippen MR) is 155 cm³/mol. The van der Waals surface area contributed by atoms with Crippen molar-refractivity contribution in [2.45, 2.75) is 39.3 Å². The topological polar surface area (TPSA) is 60.5 Å². The van der Waals surface area contributed by atoms with Crippen LogP contribution in [-0.4, -0.2) is 68.9 Å². The van der Waals surface area contributed by atoms with Crippen LogP contribution in [0.1, 0.15) is 40.7 Å². The molecular formula is C33H40N2O5. The van der Waals surface area contributed by atoms with Gasteiger partial charge in [0, 0.05) is 39.1 Å². The van der Waals surface area contributed by atoms with Crippen molar-refractivity contribution in [2.75, 3.05) is 53.2 Å². The molecule has 1 amide bonds. The normalized spacial score (nSPS) is 16.5. The number of ether oxygens (including phenoxy) is 4. The van der Waals surface area contributed by atoms with E-state index in [9.17, 15) is 4.79 Å². The lowest BCUT2D eigenvalue weighted by Gasteiger charge is -2.24. The quantitative estimate of drug-likeness (QED) is 0.435. The van der Waals surface area contributed by atoms with E-state index >= 15 is 0 Å². The SMILES string of the molecule is COc1cc(CN2CCOCCOc3ccc(C)cc3Cc3cccc(c3)C2)ccc1OCC(=O)N1CCCC1. The Kier molecular flexibility index (Phi) is 9.58. The second kappa shape index (κ2) is 13.7. The fraction of sp³-hybridized carbons (Fsp3) is 0.424. The fourth-order valence-electron chi connectivity index (χ4n) is 5.41. The number of carbonyl (C=O) groups excluding carboxylic acids is 1. The van der Waals surface area contributed by atoms with Gasteiger partial charge in [-0.3, -0.25) is 9.69 Å². The van der Waals surface area contributed by atoms with Crippen molar-refractivity contribution in [2.24, 2.45) is 0 Å². The summed E-state index contributed by atoms with van der Waals surface area (Å²) in [5.74, 6) is 2.19. The molecule has 1 saturated heterocycles. The zero-order chi connectivity index (χ0) is 27.7. The molecule has 0 atom stereocenters. The number of nitrogens with zero attached hydrogens (tertiary/aromatic N) is 2. The number of benzene rings is 3. The molecule has 0 unspecified atom stereocenters. The van der Waals surface area contributed by atoms with Gasteiger partial charge in [0.25, 0.3) is 5.91 Å². The Balaban J connectivity index is 1.28. The van der Waals surface area contributed by atoms with Crippen LogP contribution in [0, 0.1) is 6.92 Å². The molecule has 0 radical (unpaired) electrons. The highest BCUT2D eigenvalue weighted by molar-refractivity contribution is 5.78. The van der Waals surface area contributed by atoms with Gasteiger partial charge in [0.15, 0.2) is 18.1 Å². The fourth-order valence-corrected chi connectivity index (χ4v) is 5.41. The number of likely N-dealkylation sites (tertiary alicyclic amines) is 1. The van der Waals surface area contributed by atoms with Crippen LogP contribution in [0.5, 0.6) is 17.2 Å². The van der Waals surface area contributed by atoms with Gasteiger partial charge in [-0.15, -0.1) is 0 Å². The molecule has 0 spiro atoms. The van der Waals surface area contributed by atoms with E-state index in [2.05, 4.69) is 54.3 Å². The highest BCUT2D eigenvalue weighted by Gasteiger charge is 2.19. The first-order chi connectivity index (χ1) is 19.6. The molecule has 5 rings (SSSR count). The van der Waals surface area contributed by atoms with Crippen LogP contribution in [-0.2, 0) is 29.0 Å². The second-order valence-corrected chi connectivity index (χ2v) is 10.6. The van der Waals surface area contributed by atoms with E-state index in [-0.39, 0.29) is 12.5 Å². The maximum absolute atomic E-state index is 12.4. The third-order valence-electron chi connectivity index (χ3n) is 7.49. The third-order valence-corrected chi connectivity index (χ3v) is 7.49. The number of hydrogen-bond acceptors (Lipinski definition) is 6. The number of hydrogen-bond donors (Lipinski definition) is 0. The molecule has 3 aromatic rings. The lowest BCUT2D eigenvalue weighted by atomic mass is 10.00. The first-order valence-electron chi connectivity index (χ1n) is 14.2. The largest absolute Gasteiger partial charge is 0.493 e. The molecule has 0 saturated carbocycles. The molecule has 0 aromatic heterocycles. The number of aryl methyl sites for hydroxylation is 1. The Labute approximate surface area is 237 Å². The minimum absolute atomic E-state index is 0.0284. The maximum Gasteiger partial charge on any atom is 0.260 e. The highest BCUT2D eigenvalue weighted by Crippen LogP contribution is 2.29. The molecule has 2 heterocycles. The third kappa shape index (κ3) is 7.55. The van der Waals surface area contributed by atoms with Crippen molar-refractivity contribution in [3.8, 4) is 17.2 Å². The summed E-state index contributed by atoms with van der Waals surface area (Å²) in [6.45, 7) is 7.79. The molecule has 212 valence electrons. The molecule has 0 aliphatic carbocycles. The summed E-state index contributed by atoms with van der Waals surface area (Å²) in [4.78, 5) is 16.7. The van der Waals surface area contributed by atoms with Gasteiger partial charge in [0.1, 0.15) is 12.4 Å². The average molecular weight is 545 g/mol. The van der Waals surface area contributed by atoms with Crippen LogP contribution < -0.4 is 14.2 Å². The number of carbonyl (C=O) groups is 1. The number of methoxy groups -OCH3 is 1. The van der Waals surface area contributed by atoms with Gasteiger partial charge in [-0.2, -0.15) is 0 Å². The molecule has 2 aliphatic rings. The van der Waals surface area contributed by atoms with Crippen molar-refractivity contribution >= 4 is 5.91 Å². The van der Waals surface area contributed by atoms with Crippen LogP contribution in [0.25, 0.3) is 0 Å². The van der Waals surface area contributed by atoms with Crippen LogP contribution in [0.4, 0.5) is 0 Å². The van der Waals surface area contributed by atoms with Crippen molar-refractivity contribution in [3.63, 3.8) is 0 Å². The van der Waals surface area contributed by atoms with Gasteiger partial charge < -0.3 is 23.8 Å². The Morgan fingerprint density at radius 2 is 1.75 bits per heavy atom. The number of fused-ring (bicyclic) bond motifs is 3. The van der Waals surface area contributed by atoms with E-state index in [4.69, 9.17) is 18.9 Å². The smallest absolute Gasteiger partial charge is 0.260 e. The van der Waals surface area contributed by atoms with Crippen LogP contribution in [0.3, 0.4) is 0 Å².